The number of amides is 1. The van der Waals surface area contributed by atoms with Gasteiger partial charge in [-0.25, -0.2) is 4.39 Å². The van der Waals surface area contributed by atoms with Gasteiger partial charge in [0, 0.05) is 39.3 Å². The first-order chi connectivity index (χ1) is 13.3. The van der Waals surface area contributed by atoms with E-state index >= 15 is 0 Å². The Labute approximate surface area is 172 Å². The van der Waals surface area contributed by atoms with E-state index in [-0.39, 0.29) is 29.1 Å². The molecule has 158 valence electrons. The van der Waals surface area contributed by atoms with E-state index in [1.807, 2.05) is 0 Å². The molecule has 1 heterocycles. The Bertz CT molecular complexity index is 839. The van der Waals surface area contributed by atoms with Crippen LogP contribution < -0.4 is 10.6 Å². The number of hydrogen-bond acceptors (Lipinski definition) is 3. The molecule has 29 heavy (non-hydrogen) atoms. The number of alkyl halides is 3. The van der Waals surface area contributed by atoms with Gasteiger partial charge < -0.3 is 10.6 Å². The van der Waals surface area contributed by atoms with Crippen LogP contribution in [0.15, 0.2) is 42.5 Å². The van der Waals surface area contributed by atoms with Crippen molar-refractivity contribution in [2.24, 2.45) is 0 Å². The summed E-state index contributed by atoms with van der Waals surface area (Å²) in [5.41, 5.74) is -0.340. The van der Waals surface area contributed by atoms with Gasteiger partial charge in [0.15, 0.2) is 0 Å². The van der Waals surface area contributed by atoms with E-state index in [4.69, 9.17) is 0 Å². The third-order valence-electron chi connectivity index (χ3n) is 4.65. The second-order valence-electron chi connectivity index (χ2n) is 6.62. The van der Waals surface area contributed by atoms with Crippen LogP contribution >= 0.6 is 12.4 Å². The molecule has 2 aromatic carbocycles. The van der Waals surface area contributed by atoms with Crippen LogP contribution in [0, 0.1) is 5.82 Å². The van der Waals surface area contributed by atoms with Gasteiger partial charge in [-0.05, 0) is 35.4 Å². The van der Waals surface area contributed by atoms with E-state index in [0.29, 0.717) is 13.1 Å². The van der Waals surface area contributed by atoms with Crippen molar-refractivity contribution in [2.45, 2.75) is 6.18 Å². The molecule has 0 atom stereocenters. The number of nitrogens with zero attached hydrogens (tertiary/aromatic N) is 1. The first-order valence-electron chi connectivity index (χ1n) is 9.03. The average molecular weight is 432 g/mol. The molecule has 4 nitrogen and oxygen atoms in total. The first-order valence-corrected chi connectivity index (χ1v) is 9.03. The normalized spacial score (nSPS) is 14.9. The quantitative estimate of drug-likeness (QED) is 0.711. The lowest BCUT2D eigenvalue weighted by atomic mass is 9.97. The van der Waals surface area contributed by atoms with Crippen molar-refractivity contribution >= 4 is 18.3 Å². The number of carbonyl (C=O) groups is 1. The van der Waals surface area contributed by atoms with Gasteiger partial charge >= 0.3 is 6.18 Å². The van der Waals surface area contributed by atoms with Crippen LogP contribution in [-0.2, 0) is 6.18 Å². The summed E-state index contributed by atoms with van der Waals surface area (Å²) in [7, 11) is 0. The number of hydrogen-bond donors (Lipinski definition) is 2. The van der Waals surface area contributed by atoms with Gasteiger partial charge in [0.1, 0.15) is 5.82 Å². The van der Waals surface area contributed by atoms with Crippen LogP contribution in [0.5, 0.6) is 0 Å². The molecule has 0 saturated carbocycles. The van der Waals surface area contributed by atoms with Crippen LogP contribution in [0.3, 0.4) is 0 Å². The Morgan fingerprint density at radius 1 is 1.10 bits per heavy atom. The molecule has 2 N–H and O–H groups in total. The summed E-state index contributed by atoms with van der Waals surface area (Å²) in [5.74, 6) is -1.13. The molecule has 0 bridgehead atoms. The first kappa shape index (κ1) is 23.1. The number of piperazine rings is 1. The molecule has 1 fully saturated rings. The maximum atomic E-state index is 13.7. The van der Waals surface area contributed by atoms with E-state index in [2.05, 4.69) is 15.5 Å². The molecule has 3 rings (SSSR count). The monoisotopic (exact) mass is 431 g/mol. The molecule has 1 amide bonds. The van der Waals surface area contributed by atoms with Crippen molar-refractivity contribution in [1.82, 2.24) is 15.5 Å². The summed E-state index contributed by atoms with van der Waals surface area (Å²) in [6.07, 6.45) is -4.50. The maximum Gasteiger partial charge on any atom is 0.416 e. The Morgan fingerprint density at radius 2 is 1.83 bits per heavy atom. The van der Waals surface area contributed by atoms with Crippen molar-refractivity contribution in [1.29, 1.82) is 0 Å². The van der Waals surface area contributed by atoms with Crippen LogP contribution in [0.2, 0.25) is 0 Å². The minimum absolute atomic E-state index is 0. The van der Waals surface area contributed by atoms with Gasteiger partial charge in [-0.1, -0.05) is 18.2 Å². The van der Waals surface area contributed by atoms with Crippen LogP contribution in [-0.4, -0.2) is 50.1 Å². The predicted octanol–water partition coefficient (Wildman–Crippen LogP) is 3.57. The molecule has 0 unspecified atom stereocenters. The number of rotatable bonds is 5. The number of carbonyl (C=O) groups excluding carboxylic acids is 1. The Hall–Kier alpha value is -2.16. The predicted molar refractivity (Wildman–Crippen MR) is 106 cm³/mol. The van der Waals surface area contributed by atoms with E-state index < -0.39 is 23.5 Å². The Balaban J connectivity index is 0.00000300. The second kappa shape index (κ2) is 10.0. The third kappa shape index (κ3) is 6.16. The molecule has 2 aromatic rings. The number of halogens is 5. The summed E-state index contributed by atoms with van der Waals surface area (Å²) >= 11 is 0. The van der Waals surface area contributed by atoms with Crippen molar-refractivity contribution in [3.8, 4) is 11.1 Å². The molecule has 0 aromatic heterocycles. The zero-order valence-electron chi connectivity index (χ0n) is 15.6. The average Bonchev–Trinajstić information content (AvgIpc) is 2.68. The van der Waals surface area contributed by atoms with Gasteiger partial charge in [0.25, 0.3) is 5.91 Å². The molecule has 9 heteroatoms. The highest BCUT2D eigenvalue weighted by Crippen LogP contribution is 2.33. The highest BCUT2D eigenvalue weighted by molar-refractivity contribution is 6.01. The molecule has 1 aliphatic rings. The molecule has 1 saturated heterocycles. The van der Waals surface area contributed by atoms with Gasteiger partial charge in [-0.2, -0.15) is 13.2 Å². The number of nitrogens with one attached hydrogen (secondary N) is 2. The van der Waals surface area contributed by atoms with E-state index in [1.54, 1.807) is 0 Å². The van der Waals surface area contributed by atoms with Gasteiger partial charge in [0.05, 0.1) is 11.1 Å². The molecular weight excluding hydrogens is 410 g/mol. The zero-order valence-corrected chi connectivity index (χ0v) is 16.4. The minimum Gasteiger partial charge on any atom is -0.351 e. The molecule has 0 radical (unpaired) electrons. The third-order valence-corrected chi connectivity index (χ3v) is 4.65. The summed E-state index contributed by atoms with van der Waals surface area (Å²) in [6, 6.07) is 8.18. The standard InChI is InChI=1S/C20H21F4N3O.ClH/c21-16-4-5-17(14-2-1-3-15(12-14)20(22,23)24)18(13-16)19(28)26-8-11-27-9-6-25-7-10-27;/h1-5,12-13,25H,6-11H2,(H,26,28);1H. The van der Waals surface area contributed by atoms with E-state index in [9.17, 15) is 22.4 Å². The van der Waals surface area contributed by atoms with Crippen LogP contribution in [0.1, 0.15) is 15.9 Å². The van der Waals surface area contributed by atoms with Crippen molar-refractivity contribution < 1.29 is 22.4 Å². The van der Waals surface area contributed by atoms with Crippen LogP contribution in [0.25, 0.3) is 11.1 Å². The van der Waals surface area contributed by atoms with Crippen molar-refractivity contribution in [2.75, 3.05) is 39.3 Å². The largest absolute Gasteiger partial charge is 0.416 e. The fourth-order valence-electron chi connectivity index (χ4n) is 3.18. The van der Waals surface area contributed by atoms with Gasteiger partial charge in [0.2, 0.25) is 0 Å². The maximum absolute atomic E-state index is 13.7. The lowest BCUT2D eigenvalue weighted by Gasteiger charge is -2.27. The Kier molecular flexibility index (Phi) is 8.01. The smallest absolute Gasteiger partial charge is 0.351 e. The topological polar surface area (TPSA) is 44.4 Å². The molecular formula is C20H22ClF4N3O. The zero-order chi connectivity index (χ0) is 20.1. The van der Waals surface area contributed by atoms with Crippen LogP contribution in [0.4, 0.5) is 17.6 Å². The summed E-state index contributed by atoms with van der Waals surface area (Å²) in [5, 5.41) is 5.97. The van der Waals surface area contributed by atoms with Crippen molar-refractivity contribution in [3.63, 3.8) is 0 Å². The Morgan fingerprint density at radius 3 is 2.52 bits per heavy atom. The van der Waals surface area contributed by atoms with E-state index in [0.717, 1.165) is 50.4 Å². The lowest BCUT2D eigenvalue weighted by molar-refractivity contribution is -0.137. The summed E-state index contributed by atoms with van der Waals surface area (Å²) < 4.78 is 52.7. The number of benzene rings is 2. The minimum atomic E-state index is -4.50. The second-order valence-corrected chi connectivity index (χ2v) is 6.62. The molecule has 0 aliphatic carbocycles. The SMILES string of the molecule is Cl.O=C(NCCN1CCNCC1)c1cc(F)ccc1-c1cccc(C(F)(F)F)c1. The highest BCUT2D eigenvalue weighted by Gasteiger charge is 2.30. The van der Waals surface area contributed by atoms with Crippen molar-refractivity contribution in [3.05, 3.63) is 59.4 Å². The fourth-order valence-corrected chi connectivity index (χ4v) is 3.18. The molecule has 1 aliphatic heterocycles. The molecule has 0 spiro atoms. The summed E-state index contributed by atoms with van der Waals surface area (Å²) in [4.78, 5) is 14.8. The highest BCUT2D eigenvalue weighted by atomic mass is 35.5. The fraction of sp³-hybridized carbons (Fsp3) is 0.350. The van der Waals surface area contributed by atoms with Gasteiger partial charge in [-0.15, -0.1) is 12.4 Å². The van der Waals surface area contributed by atoms with E-state index in [1.165, 1.54) is 18.2 Å². The summed E-state index contributed by atoms with van der Waals surface area (Å²) in [6.45, 7) is 4.56. The van der Waals surface area contributed by atoms with Gasteiger partial charge in [-0.3, -0.25) is 9.69 Å². The lowest BCUT2D eigenvalue weighted by Crippen LogP contribution is -2.46.